The van der Waals surface area contributed by atoms with Gasteiger partial charge in [-0.15, -0.1) is 11.8 Å². The number of fused-ring (bicyclic) bond motifs is 1. The molecular weight excluding hydrogens is 552 g/mol. The lowest BCUT2D eigenvalue weighted by molar-refractivity contribution is -0.681. The highest BCUT2D eigenvalue weighted by atomic mass is 32.2. The van der Waals surface area contributed by atoms with Crippen molar-refractivity contribution >= 4 is 28.8 Å². The molecule has 0 radical (unpaired) electrons. The van der Waals surface area contributed by atoms with Gasteiger partial charge in [0.2, 0.25) is 11.2 Å². The SMILES string of the molecule is CCCCCCCCCCCCCCCCCCNC(=O)OCC1(c2ccc3ccccc3[n+]2CCCCOC)CCS1. The number of thioether (sulfide) groups is 1. The maximum Gasteiger partial charge on any atom is 0.407 e. The standard InChI is InChI=1S/C37H60N2O3S/c1-3-4-5-6-7-8-9-10-11-12-13-14-15-16-17-20-28-38-36(40)42-32-37(27-31-43-37)35-26-25-33-23-18-19-24-34(33)39(35)29-21-22-30-41-2/h18-19,23-26H,3-17,20-22,27-32H2,1-2H3/p+1. The van der Waals surface area contributed by atoms with Gasteiger partial charge in [0.05, 0.1) is 0 Å². The lowest BCUT2D eigenvalue weighted by Crippen LogP contribution is -2.51. The molecule has 2 heterocycles. The molecule has 0 spiro atoms. The van der Waals surface area contributed by atoms with E-state index in [0.29, 0.717) is 13.2 Å². The van der Waals surface area contributed by atoms with Gasteiger partial charge in [-0.05, 0) is 37.1 Å². The number of methoxy groups -OCH3 is 1. The molecule has 1 atom stereocenters. The largest absolute Gasteiger partial charge is 0.447 e. The molecule has 1 N–H and O–H groups in total. The summed E-state index contributed by atoms with van der Waals surface area (Å²) in [6.45, 7) is 5.12. The highest BCUT2D eigenvalue weighted by Gasteiger charge is 2.48. The number of pyridine rings is 1. The van der Waals surface area contributed by atoms with Crippen LogP contribution in [0.25, 0.3) is 10.9 Å². The predicted molar refractivity (Wildman–Crippen MR) is 183 cm³/mol. The van der Waals surface area contributed by atoms with Gasteiger partial charge in [-0.3, -0.25) is 0 Å². The van der Waals surface area contributed by atoms with Crippen LogP contribution < -0.4 is 9.88 Å². The number of alkyl carbamates (subject to hydrolysis) is 1. The molecule has 1 amide bonds. The third kappa shape index (κ3) is 13.0. The summed E-state index contributed by atoms with van der Waals surface area (Å²) in [7, 11) is 1.76. The first-order chi connectivity index (χ1) is 21.2. The Morgan fingerprint density at radius 2 is 1.42 bits per heavy atom. The van der Waals surface area contributed by atoms with Gasteiger partial charge in [-0.2, -0.15) is 4.57 Å². The maximum atomic E-state index is 12.6. The van der Waals surface area contributed by atoms with Gasteiger partial charge in [-0.1, -0.05) is 115 Å². The van der Waals surface area contributed by atoms with Crippen molar-refractivity contribution in [1.82, 2.24) is 5.32 Å². The van der Waals surface area contributed by atoms with E-state index in [-0.39, 0.29) is 10.8 Å². The molecule has 2 aromatic rings. The van der Waals surface area contributed by atoms with Crippen LogP contribution in [0.15, 0.2) is 36.4 Å². The monoisotopic (exact) mass is 613 g/mol. The van der Waals surface area contributed by atoms with Crippen LogP contribution >= 0.6 is 11.8 Å². The summed E-state index contributed by atoms with van der Waals surface area (Å²) >= 11 is 1.91. The molecule has 1 aromatic heterocycles. The topological polar surface area (TPSA) is 51.4 Å². The molecule has 3 rings (SSSR count). The van der Waals surface area contributed by atoms with Crippen LogP contribution in [-0.2, 0) is 20.8 Å². The summed E-state index contributed by atoms with van der Waals surface area (Å²) in [6, 6.07) is 13.1. The second-order valence-electron chi connectivity index (χ2n) is 12.5. The predicted octanol–water partition coefficient (Wildman–Crippen LogP) is 9.87. The Morgan fingerprint density at radius 1 is 0.814 bits per heavy atom. The fraction of sp³-hybridized carbons (Fsp3) is 0.730. The summed E-state index contributed by atoms with van der Waals surface area (Å²) < 4.78 is 13.4. The van der Waals surface area contributed by atoms with Gasteiger partial charge in [-0.25, -0.2) is 4.79 Å². The number of unbranched alkanes of at least 4 members (excludes halogenated alkanes) is 16. The molecule has 0 bridgehead atoms. The lowest BCUT2D eigenvalue weighted by atomic mass is 9.98. The molecule has 43 heavy (non-hydrogen) atoms. The Labute approximate surface area is 267 Å². The summed E-state index contributed by atoms with van der Waals surface area (Å²) in [5.74, 6) is 1.10. The van der Waals surface area contributed by atoms with Crippen LogP contribution in [-0.4, -0.2) is 38.7 Å². The maximum absolute atomic E-state index is 12.6. The minimum Gasteiger partial charge on any atom is -0.447 e. The minimum atomic E-state index is -0.278. The van der Waals surface area contributed by atoms with Crippen molar-refractivity contribution in [3.8, 4) is 0 Å². The van der Waals surface area contributed by atoms with Crippen molar-refractivity contribution in [3.05, 3.63) is 42.1 Å². The Balaban J connectivity index is 1.27. The number of amides is 1. The number of rotatable bonds is 25. The van der Waals surface area contributed by atoms with E-state index in [4.69, 9.17) is 9.47 Å². The first kappa shape index (κ1) is 35.7. The van der Waals surface area contributed by atoms with Gasteiger partial charge >= 0.3 is 6.09 Å². The molecule has 5 nitrogen and oxygen atoms in total. The summed E-state index contributed by atoms with van der Waals surface area (Å²) in [4.78, 5) is 12.6. The number of ether oxygens (including phenoxy) is 2. The molecule has 1 unspecified atom stereocenters. The molecule has 242 valence electrons. The molecular formula is C37H61N2O3S+. The third-order valence-electron chi connectivity index (χ3n) is 9.01. The van der Waals surface area contributed by atoms with Gasteiger partial charge in [0, 0.05) is 44.2 Å². The van der Waals surface area contributed by atoms with E-state index in [1.54, 1.807) is 7.11 Å². The van der Waals surface area contributed by atoms with Crippen LogP contribution in [0.3, 0.4) is 0 Å². The van der Waals surface area contributed by atoms with E-state index >= 15 is 0 Å². The lowest BCUT2D eigenvalue weighted by Gasteiger charge is -2.38. The van der Waals surface area contributed by atoms with Crippen LogP contribution in [0.5, 0.6) is 0 Å². The molecule has 0 saturated carbocycles. The number of hydrogen-bond acceptors (Lipinski definition) is 4. The van der Waals surface area contributed by atoms with E-state index < -0.39 is 0 Å². The summed E-state index contributed by atoms with van der Waals surface area (Å²) in [6.07, 6.45) is 24.5. The van der Waals surface area contributed by atoms with Crippen molar-refractivity contribution in [1.29, 1.82) is 0 Å². The van der Waals surface area contributed by atoms with Gasteiger partial charge in [0.15, 0.2) is 0 Å². The third-order valence-corrected chi connectivity index (χ3v) is 10.5. The van der Waals surface area contributed by atoms with Crippen molar-refractivity contribution in [2.75, 3.05) is 32.6 Å². The summed E-state index contributed by atoms with van der Waals surface area (Å²) in [5, 5.41) is 4.25. The Morgan fingerprint density at radius 3 is 2.00 bits per heavy atom. The van der Waals surface area contributed by atoms with Crippen LogP contribution in [0, 0.1) is 0 Å². The molecule has 0 aliphatic carbocycles. The zero-order valence-electron chi connectivity index (χ0n) is 27.5. The van der Waals surface area contributed by atoms with Gasteiger partial charge in [0.25, 0.3) is 0 Å². The van der Waals surface area contributed by atoms with Crippen molar-refractivity contribution < 1.29 is 18.8 Å². The van der Waals surface area contributed by atoms with Crippen LogP contribution in [0.4, 0.5) is 4.79 Å². The number of carbonyl (C=O) groups is 1. The molecule has 1 aliphatic heterocycles. The number of carbonyl (C=O) groups excluding carboxylic acids is 1. The fourth-order valence-corrected chi connectivity index (χ4v) is 7.42. The van der Waals surface area contributed by atoms with Crippen molar-refractivity contribution in [2.24, 2.45) is 0 Å². The number of nitrogens with one attached hydrogen (secondary N) is 1. The minimum absolute atomic E-state index is 0.170. The highest BCUT2D eigenvalue weighted by Crippen LogP contribution is 2.48. The van der Waals surface area contributed by atoms with Gasteiger partial charge in [0.1, 0.15) is 17.9 Å². The van der Waals surface area contributed by atoms with E-state index in [0.717, 1.165) is 44.6 Å². The summed E-state index contributed by atoms with van der Waals surface area (Å²) in [5.41, 5.74) is 2.52. The average Bonchev–Trinajstić information content (AvgIpc) is 3.00. The zero-order chi connectivity index (χ0) is 30.4. The quantitative estimate of drug-likeness (QED) is 0.0894. The number of aryl methyl sites for hydroxylation is 1. The first-order valence-electron chi connectivity index (χ1n) is 17.7. The molecule has 1 saturated heterocycles. The number of nitrogens with zero attached hydrogens (tertiary/aromatic N) is 1. The highest BCUT2D eigenvalue weighted by molar-refractivity contribution is 8.01. The molecule has 1 aliphatic rings. The van der Waals surface area contributed by atoms with Gasteiger partial charge < -0.3 is 14.8 Å². The smallest absolute Gasteiger partial charge is 0.407 e. The second kappa shape index (κ2) is 21.8. The van der Waals surface area contributed by atoms with Crippen molar-refractivity contribution in [3.63, 3.8) is 0 Å². The van der Waals surface area contributed by atoms with E-state index in [1.807, 2.05) is 11.8 Å². The second-order valence-corrected chi connectivity index (χ2v) is 14.0. The molecule has 1 aromatic carbocycles. The Bertz CT molecular complexity index is 1030. The average molecular weight is 614 g/mol. The zero-order valence-corrected chi connectivity index (χ0v) is 28.3. The number of para-hydroxylation sites is 1. The van der Waals surface area contributed by atoms with Crippen LogP contribution in [0.1, 0.15) is 135 Å². The number of hydrogen-bond donors (Lipinski definition) is 1. The number of aromatic nitrogens is 1. The molecule has 6 heteroatoms. The van der Waals surface area contributed by atoms with Crippen molar-refractivity contribution in [2.45, 2.75) is 140 Å². The Kier molecular flexibility index (Phi) is 18.1. The Hall–Kier alpha value is -1.79. The normalized spacial score (nSPS) is 16.3. The number of benzene rings is 1. The van der Waals surface area contributed by atoms with E-state index in [1.165, 1.54) is 113 Å². The van der Waals surface area contributed by atoms with E-state index in [2.05, 4.69) is 53.2 Å². The van der Waals surface area contributed by atoms with Crippen LogP contribution in [0.2, 0.25) is 0 Å². The first-order valence-corrected chi connectivity index (χ1v) is 18.6. The van der Waals surface area contributed by atoms with E-state index in [9.17, 15) is 4.79 Å². The fourth-order valence-electron chi connectivity index (χ4n) is 6.25. The molecule has 1 fully saturated rings.